The fraction of sp³-hybridized carbons (Fsp3) is 0.724. The molecule has 0 amide bonds. The highest BCUT2D eigenvalue weighted by atomic mass is 16.5. The van der Waals surface area contributed by atoms with Crippen LogP contribution < -0.4 is 11.5 Å². The smallest absolute Gasteiger partial charge is 0.313 e. The number of carboxylic acids is 1. The summed E-state index contributed by atoms with van der Waals surface area (Å²) in [6, 6.07) is 19.7. The van der Waals surface area contributed by atoms with Crippen LogP contribution in [0.25, 0.3) is 4.85 Å². The molecule has 7 N–H and O–H groups in total. The number of aliphatic carboxylic acids is 1. The standard InChI is InChI=1S/C37H51N3O2.C37H49NO3.C30H45N3O2.CH4/c1-23-26-14-15-36(6)29(34(26,4)20-25-30(23)39-40-31(25)38)13-12-27-28-21-33(2,3)16-18-37(28,19-17-35(27,36)5)32(41)42-22-24-10-8-7-9-11-24;1-24-26-15-16-36(6)30(34(26,4)22-29(38-7)31(24)39)14-13-27-28-21-33(2,3)17-19-37(28,20-18-35(27,36)5)32(40)41-23-25-11-9-8-10-12-25;1-17-19-9-10-29(6)22(27(19,4)15-18-23(17)32-33-24(18)31)8-7-20-21-16-26(2,3)11-13-30(21,25(34)35)14-12-28(20,29)5;/h7-12,23,26,28-29H,13-22H2,1-6H3,(H3,38,39,40);8-13,24,26,28-30H,14-23H2,1-6H3;7,17,19,21-22H,8-16H2,1-6H3,(H,34,35)(H3,31,32,33);1H4/t23-,26-,28-,29?,34-,35+,36+,37-;24-,26-,28-,29?,30?,34-,35+,36+,37-;17-,19-,21-,22?,27-,28+,29+,30-;/m000./s1. The van der Waals surface area contributed by atoms with E-state index in [9.17, 15) is 24.3 Å². The number of Topliss-reactive ketones (excluding diaryl/α,β-unsaturated/α-hetero) is 1. The highest BCUT2D eigenvalue weighted by molar-refractivity contribution is 5.89. The predicted molar refractivity (Wildman–Crippen MR) is 474 cm³/mol. The topological polar surface area (TPSA) is 221 Å². The Kier molecular flexibility index (Phi) is 20.8. The molecule has 2 aromatic carbocycles. The largest absolute Gasteiger partial charge is 0.481 e. The number of allylic oxidation sites excluding steroid dienone is 6. The number of carboxylic acid groups (broad SMARTS) is 1. The highest BCUT2D eigenvalue weighted by Crippen LogP contribution is 2.80. The minimum absolute atomic E-state index is 0. The minimum atomic E-state index is -0.565. The number of hydrogen-bond donors (Lipinski definition) is 5. The van der Waals surface area contributed by atoms with E-state index in [4.69, 9.17) is 27.5 Å². The molecule has 2 aromatic heterocycles. The van der Waals surface area contributed by atoms with E-state index in [0.29, 0.717) is 78.6 Å². The molecule has 0 bridgehead atoms. The van der Waals surface area contributed by atoms with Crippen LogP contribution in [-0.2, 0) is 54.7 Å². The molecule has 4 unspecified atom stereocenters. The number of nitrogens with two attached hydrogens (primary N) is 2. The second-order valence-corrected chi connectivity index (χ2v) is 47.2. The summed E-state index contributed by atoms with van der Waals surface area (Å²) in [6.07, 6.45) is 35.4. The van der Waals surface area contributed by atoms with Crippen molar-refractivity contribution >= 4 is 35.3 Å². The number of carbonyl (C=O) groups is 4. The van der Waals surface area contributed by atoms with Crippen molar-refractivity contribution < 1.29 is 33.8 Å². The number of ether oxygens (including phenoxy) is 2. The number of hydrogen-bond acceptors (Lipinski definition) is 10. The number of aromatic amines is 2. The van der Waals surface area contributed by atoms with Gasteiger partial charge in [0.2, 0.25) is 5.78 Å². The normalized spacial score (nSPS) is 44.2. The zero-order valence-electron chi connectivity index (χ0n) is 75.4. The van der Waals surface area contributed by atoms with Gasteiger partial charge >= 0.3 is 17.9 Å². The van der Waals surface area contributed by atoms with Crippen molar-refractivity contribution in [3.63, 3.8) is 0 Å². The lowest BCUT2D eigenvalue weighted by Gasteiger charge is -2.69. The molecule has 0 spiro atoms. The summed E-state index contributed by atoms with van der Waals surface area (Å²) >= 11 is 0. The van der Waals surface area contributed by atoms with Gasteiger partial charge < -0.3 is 30.9 Å². The Bertz CT molecular complexity index is 4790. The number of fused-ring (bicyclic) bond motifs is 23. The number of anilines is 2. The van der Waals surface area contributed by atoms with Crippen LogP contribution in [0.15, 0.2) is 95.6 Å². The van der Waals surface area contributed by atoms with Crippen molar-refractivity contribution in [3.05, 3.63) is 141 Å². The number of aromatic nitrogens is 4. The number of nitrogens with one attached hydrogen (secondary N) is 2. The monoisotopic (exact) mass is 1620 g/mol. The summed E-state index contributed by atoms with van der Waals surface area (Å²) in [4.78, 5) is 58.1. The van der Waals surface area contributed by atoms with Gasteiger partial charge in [0.15, 0.2) is 0 Å². The van der Waals surface area contributed by atoms with Gasteiger partial charge in [-0.3, -0.25) is 29.4 Å². The third-order valence-corrected chi connectivity index (χ3v) is 40.9. The molecule has 4 aromatic rings. The number of benzene rings is 2. The van der Waals surface area contributed by atoms with Gasteiger partial charge in [-0.05, 0) is 296 Å². The maximum atomic E-state index is 14.2. The lowest BCUT2D eigenvalue weighted by Crippen LogP contribution is -2.64. The van der Waals surface area contributed by atoms with Crippen molar-refractivity contribution in [1.29, 1.82) is 0 Å². The van der Waals surface area contributed by atoms with E-state index < -0.39 is 28.3 Å². The fourth-order valence-electron chi connectivity index (χ4n) is 33.2. The van der Waals surface area contributed by atoms with Gasteiger partial charge in [0.05, 0.1) is 16.2 Å². The Labute approximate surface area is 714 Å². The SMILES string of the molecule is C.C[C@@H]1c2[nH]nc(N)c2C[C@]2(C)C3CC=C4[C@@H]5CC(C)(C)CC[C@]5(C(=O)O)CC[C@@]4(C)[C@]3(C)CC[C@@H]12.C[C@@H]1c2[nH]nc(N)c2C[C@]2(C)C3CC=C4[C@@H]5CC(C)(C)CC[C@]5(C(=O)OCc5ccccc5)CC[C@@]4(C)[C@]3(C)CC[C@@H]12.[C-]#[N+]C1C[C@]2(C)C3CC=C4[C@@H]5CC(C)(C)CC[C@]5(C(=O)OCc5ccccc5)CC[C@@]4(C)[C@]3(C)CC[C@H]2[C@H](C)C1=O. The molecule has 646 valence electrons. The second-order valence-electron chi connectivity index (χ2n) is 47.2. The molecule has 15 aliphatic carbocycles. The van der Waals surface area contributed by atoms with Gasteiger partial charge in [0.1, 0.15) is 24.8 Å². The molecule has 25 atom stereocenters. The first-order valence-electron chi connectivity index (χ1n) is 46.8. The number of rotatable bonds is 7. The first-order valence-corrected chi connectivity index (χ1v) is 46.8. The summed E-state index contributed by atoms with van der Waals surface area (Å²) in [5.74, 6) is 5.76. The van der Waals surface area contributed by atoms with Gasteiger partial charge in [-0.15, -0.1) is 0 Å². The zero-order valence-corrected chi connectivity index (χ0v) is 75.4. The van der Waals surface area contributed by atoms with Crippen LogP contribution >= 0.6 is 0 Å². The van der Waals surface area contributed by atoms with E-state index in [1.165, 1.54) is 59.3 Å². The van der Waals surface area contributed by atoms with Gasteiger partial charge in [-0.25, -0.2) is 6.57 Å². The van der Waals surface area contributed by atoms with Crippen LogP contribution in [0, 0.1) is 147 Å². The van der Waals surface area contributed by atoms with Crippen molar-refractivity contribution in [2.45, 2.75) is 337 Å². The average molecular weight is 1620 g/mol. The van der Waals surface area contributed by atoms with E-state index in [1.807, 2.05) is 48.5 Å². The Morgan fingerprint density at radius 3 is 1.15 bits per heavy atom. The molecule has 14 heteroatoms. The number of carbonyl (C=O) groups excluding carboxylic acids is 3. The highest BCUT2D eigenvalue weighted by Gasteiger charge is 2.74. The molecular weight excluding hydrogens is 1470 g/mol. The molecule has 19 rings (SSSR count). The van der Waals surface area contributed by atoms with E-state index in [0.717, 1.165) is 152 Å². The summed E-state index contributed by atoms with van der Waals surface area (Å²) in [5.41, 5.74) is 24.7. The molecule has 10 fully saturated rings. The second kappa shape index (κ2) is 28.9. The van der Waals surface area contributed by atoms with Crippen molar-refractivity contribution in [2.75, 3.05) is 11.5 Å². The Morgan fingerprint density at radius 2 is 0.790 bits per heavy atom. The summed E-state index contributed by atoms with van der Waals surface area (Å²) in [7, 11) is 0. The molecule has 10 saturated carbocycles. The molecular formula is C105H149N7O7. The minimum Gasteiger partial charge on any atom is -0.481 e. The Balaban J connectivity index is 0.000000133. The van der Waals surface area contributed by atoms with E-state index in [2.05, 4.69) is 180 Å². The first kappa shape index (κ1) is 85.8. The third-order valence-electron chi connectivity index (χ3n) is 40.9. The Hall–Kier alpha value is -6.75. The summed E-state index contributed by atoms with van der Waals surface area (Å²) < 4.78 is 12.3. The number of H-pyrrole nitrogens is 2. The van der Waals surface area contributed by atoms with Gasteiger partial charge in [0.25, 0.3) is 6.04 Å². The van der Waals surface area contributed by atoms with Crippen LogP contribution in [0.2, 0.25) is 0 Å². The predicted octanol–water partition coefficient (Wildman–Crippen LogP) is 24.3. The van der Waals surface area contributed by atoms with Crippen LogP contribution in [-0.4, -0.2) is 55.2 Å². The number of ketones is 1. The molecule has 14 nitrogen and oxygen atoms in total. The summed E-state index contributed by atoms with van der Waals surface area (Å²) in [6.45, 7) is 52.5. The number of esters is 2. The fourth-order valence-corrected chi connectivity index (χ4v) is 33.2. The van der Waals surface area contributed by atoms with Crippen molar-refractivity contribution in [1.82, 2.24) is 20.4 Å². The third kappa shape index (κ3) is 12.4. The molecule has 0 radical (unpaired) electrons. The van der Waals surface area contributed by atoms with Crippen LogP contribution in [0.3, 0.4) is 0 Å². The quantitative estimate of drug-likeness (QED) is 0.0665. The van der Waals surface area contributed by atoms with Gasteiger partial charge in [-0.2, -0.15) is 10.2 Å². The molecule has 0 saturated heterocycles. The van der Waals surface area contributed by atoms with E-state index >= 15 is 0 Å². The van der Waals surface area contributed by atoms with Gasteiger partial charge in [0, 0.05) is 46.7 Å². The maximum Gasteiger partial charge on any atom is 0.313 e. The molecule has 0 aliphatic heterocycles. The lowest BCUT2D eigenvalue weighted by molar-refractivity contribution is -0.185. The van der Waals surface area contributed by atoms with E-state index in [1.54, 1.807) is 5.57 Å². The first-order chi connectivity index (χ1) is 55.4. The maximum absolute atomic E-state index is 14.2. The molecule has 15 aliphatic rings. The van der Waals surface area contributed by atoms with E-state index in [-0.39, 0.29) is 114 Å². The average Bonchev–Trinajstić information content (AvgIpc) is 1.19. The number of nitrogens with zero attached hydrogens (tertiary/aromatic N) is 3. The lowest BCUT2D eigenvalue weighted by atomic mass is 9.34. The van der Waals surface area contributed by atoms with Crippen LogP contribution in [0.5, 0.6) is 0 Å². The van der Waals surface area contributed by atoms with Crippen molar-refractivity contribution in [3.8, 4) is 0 Å². The molecule has 2 heterocycles. The van der Waals surface area contributed by atoms with Gasteiger partial charge in [-0.1, -0.05) is 228 Å². The van der Waals surface area contributed by atoms with Crippen molar-refractivity contribution in [2.24, 2.45) is 140 Å². The zero-order chi connectivity index (χ0) is 84.3. The van der Waals surface area contributed by atoms with Crippen LogP contribution in [0.1, 0.15) is 338 Å². The Morgan fingerprint density at radius 1 is 0.462 bits per heavy atom. The molecule has 119 heavy (non-hydrogen) atoms. The number of nitrogen functional groups attached to an aromatic ring is 2. The summed E-state index contributed by atoms with van der Waals surface area (Å²) in [5, 5.41) is 26.0. The van der Waals surface area contributed by atoms with Crippen LogP contribution in [0.4, 0.5) is 11.6 Å².